The highest BCUT2D eigenvalue weighted by Crippen LogP contribution is 2.24. The van der Waals surface area contributed by atoms with Crippen LogP contribution in [0.2, 0.25) is 5.02 Å². The van der Waals surface area contributed by atoms with Crippen molar-refractivity contribution in [2.75, 3.05) is 5.32 Å². The van der Waals surface area contributed by atoms with Gasteiger partial charge in [-0.1, -0.05) is 28.9 Å². The van der Waals surface area contributed by atoms with Crippen LogP contribution in [0.4, 0.5) is 5.69 Å². The van der Waals surface area contributed by atoms with Crippen molar-refractivity contribution >= 4 is 51.6 Å². The van der Waals surface area contributed by atoms with Crippen molar-refractivity contribution in [2.24, 2.45) is 10.9 Å². The second-order valence-electron chi connectivity index (χ2n) is 4.11. The van der Waals surface area contributed by atoms with Crippen molar-refractivity contribution < 1.29 is 10.0 Å². The molecule has 1 amide bonds. The van der Waals surface area contributed by atoms with Crippen LogP contribution in [0.5, 0.6) is 0 Å². The number of carbonyl (C=O) groups is 1. The number of amides is 1. The molecule has 0 spiro atoms. The van der Waals surface area contributed by atoms with E-state index < -0.39 is 0 Å². The zero-order chi connectivity index (χ0) is 15.4. The predicted octanol–water partition coefficient (Wildman–Crippen LogP) is 3.29. The standard InChI is InChI=1S/C14H11ClIN3O2/c15-10-6-5-8(13(17)19-21)7-12(10)18-14(20)9-3-1-2-4-11(9)16/h1-7,21H,(H2,17,19)(H,18,20). The van der Waals surface area contributed by atoms with Gasteiger partial charge in [0, 0.05) is 9.13 Å². The van der Waals surface area contributed by atoms with E-state index in [1.165, 1.54) is 0 Å². The molecule has 0 aromatic heterocycles. The van der Waals surface area contributed by atoms with Crippen LogP contribution in [0, 0.1) is 3.57 Å². The quantitative estimate of drug-likeness (QED) is 0.236. The fourth-order valence-electron chi connectivity index (χ4n) is 1.67. The number of oxime groups is 1. The number of nitrogens with one attached hydrogen (secondary N) is 1. The molecule has 7 heteroatoms. The summed E-state index contributed by atoms with van der Waals surface area (Å²) in [5, 5.41) is 14.7. The topological polar surface area (TPSA) is 87.7 Å². The van der Waals surface area contributed by atoms with E-state index >= 15 is 0 Å². The molecule has 2 aromatic rings. The molecule has 0 aliphatic heterocycles. The first kappa shape index (κ1) is 15.6. The zero-order valence-corrected chi connectivity index (χ0v) is 13.6. The van der Waals surface area contributed by atoms with Crippen LogP contribution in [0.3, 0.4) is 0 Å². The summed E-state index contributed by atoms with van der Waals surface area (Å²) in [5.74, 6) is -0.338. The molecule has 108 valence electrons. The summed E-state index contributed by atoms with van der Waals surface area (Å²) in [6.07, 6.45) is 0. The van der Waals surface area contributed by atoms with Gasteiger partial charge in [0.1, 0.15) is 0 Å². The number of halogens is 2. The van der Waals surface area contributed by atoms with E-state index in [1.54, 1.807) is 30.3 Å². The predicted molar refractivity (Wildman–Crippen MR) is 91.1 cm³/mol. The second kappa shape index (κ2) is 6.77. The number of amidine groups is 1. The van der Waals surface area contributed by atoms with Crippen molar-refractivity contribution in [1.29, 1.82) is 0 Å². The normalized spacial score (nSPS) is 11.2. The monoisotopic (exact) mass is 415 g/mol. The lowest BCUT2D eigenvalue weighted by Crippen LogP contribution is -2.16. The van der Waals surface area contributed by atoms with Gasteiger partial charge in [-0.3, -0.25) is 4.79 Å². The number of hydrogen-bond donors (Lipinski definition) is 3. The largest absolute Gasteiger partial charge is 0.409 e. The SMILES string of the molecule is N/C(=N/O)c1ccc(Cl)c(NC(=O)c2ccccc2I)c1. The highest BCUT2D eigenvalue weighted by molar-refractivity contribution is 14.1. The molecule has 0 heterocycles. The number of rotatable bonds is 3. The molecule has 0 bridgehead atoms. The Morgan fingerprint density at radius 2 is 2.00 bits per heavy atom. The van der Waals surface area contributed by atoms with Gasteiger partial charge in [0.2, 0.25) is 0 Å². The van der Waals surface area contributed by atoms with Crippen molar-refractivity contribution in [3.63, 3.8) is 0 Å². The maximum Gasteiger partial charge on any atom is 0.256 e. The zero-order valence-electron chi connectivity index (χ0n) is 10.7. The third kappa shape index (κ3) is 3.64. The number of anilines is 1. The Labute approximate surface area is 139 Å². The van der Waals surface area contributed by atoms with Crippen LogP contribution in [0.1, 0.15) is 15.9 Å². The molecule has 0 unspecified atom stereocenters. The van der Waals surface area contributed by atoms with Crippen LogP contribution >= 0.6 is 34.2 Å². The van der Waals surface area contributed by atoms with E-state index in [0.29, 0.717) is 21.8 Å². The van der Waals surface area contributed by atoms with Gasteiger partial charge in [0.15, 0.2) is 5.84 Å². The van der Waals surface area contributed by atoms with E-state index in [0.717, 1.165) is 3.57 Å². The van der Waals surface area contributed by atoms with Crippen LogP contribution in [0.15, 0.2) is 47.6 Å². The smallest absolute Gasteiger partial charge is 0.256 e. The maximum absolute atomic E-state index is 12.3. The highest BCUT2D eigenvalue weighted by Gasteiger charge is 2.12. The minimum atomic E-state index is -0.279. The Morgan fingerprint density at radius 1 is 1.29 bits per heavy atom. The molecule has 5 nitrogen and oxygen atoms in total. The molecule has 0 aliphatic rings. The Balaban J connectivity index is 2.31. The fraction of sp³-hybridized carbons (Fsp3) is 0. The van der Waals surface area contributed by atoms with Gasteiger partial charge in [0.25, 0.3) is 5.91 Å². The highest BCUT2D eigenvalue weighted by atomic mass is 127. The summed E-state index contributed by atoms with van der Waals surface area (Å²) >= 11 is 8.14. The molecule has 2 aromatic carbocycles. The Bertz CT molecular complexity index is 719. The summed E-state index contributed by atoms with van der Waals surface area (Å²) < 4.78 is 0.830. The number of hydrogen-bond acceptors (Lipinski definition) is 3. The number of nitrogens with two attached hydrogens (primary N) is 1. The van der Waals surface area contributed by atoms with Gasteiger partial charge >= 0.3 is 0 Å². The minimum Gasteiger partial charge on any atom is -0.409 e. The lowest BCUT2D eigenvalue weighted by molar-refractivity contribution is 0.102. The van der Waals surface area contributed by atoms with E-state index in [4.69, 9.17) is 22.5 Å². The second-order valence-corrected chi connectivity index (χ2v) is 5.68. The lowest BCUT2D eigenvalue weighted by Gasteiger charge is -2.10. The van der Waals surface area contributed by atoms with Crippen LogP contribution in [0.25, 0.3) is 0 Å². The average Bonchev–Trinajstić information content (AvgIpc) is 2.49. The summed E-state index contributed by atoms with van der Waals surface area (Å²) in [5.41, 5.74) is 6.92. The molecule has 0 atom stereocenters. The van der Waals surface area contributed by atoms with Gasteiger partial charge in [0.05, 0.1) is 16.3 Å². The average molecular weight is 416 g/mol. The van der Waals surface area contributed by atoms with Crippen molar-refractivity contribution in [1.82, 2.24) is 0 Å². The number of carbonyl (C=O) groups excluding carboxylic acids is 1. The summed E-state index contributed by atoms with van der Waals surface area (Å²) in [6, 6.07) is 11.9. The Kier molecular flexibility index (Phi) is 5.03. The van der Waals surface area contributed by atoms with Crippen molar-refractivity contribution in [2.45, 2.75) is 0 Å². The molecule has 0 saturated carbocycles. The van der Waals surface area contributed by atoms with Crippen LogP contribution < -0.4 is 11.1 Å². The molecule has 21 heavy (non-hydrogen) atoms. The van der Waals surface area contributed by atoms with Crippen LogP contribution in [-0.2, 0) is 0 Å². The Hall–Kier alpha value is -1.80. The molecule has 4 N–H and O–H groups in total. The molecule has 0 fully saturated rings. The minimum absolute atomic E-state index is 0.0588. The third-order valence-corrected chi connectivity index (χ3v) is 4.01. The van der Waals surface area contributed by atoms with E-state index in [1.807, 2.05) is 12.1 Å². The van der Waals surface area contributed by atoms with Gasteiger partial charge < -0.3 is 16.3 Å². The molecular formula is C14H11ClIN3O2. The maximum atomic E-state index is 12.3. The van der Waals surface area contributed by atoms with Gasteiger partial charge in [-0.05, 0) is 52.9 Å². The number of nitrogens with zero attached hydrogens (tertiary/aromatic N) is 1. The van der Waals surface area contributed by atoms with Crippen LogP contribution in [-0.4, -0.2) is 17.0 Å². The fourth-order valence-corrected chi connectivity index (χ4v) is 2.47. The third-order valence-electron chi connectivity index (χ3n) is 2.74. The Morgan fingerprint density at radius 3 is 2.67 bits per heavy atom. The van der Waals surface area contributed by atoms with Crippen molar-refractivity contribution in [3.05, 3.63) is 62.2 Å². The summed E-state index contributed by atoms with van der Waals surface area (Å²) in [7, 11) is 0. The molecule has 0 radical (unpaired) electrons. The molecule has 0 saturated heterocycles. The van der Waals surface area contributed by atoms with E-state index in [-0.39, 0.29) is 11.7 Å². The van der Waals surface area contributed by atoms with Crippen molar-refractivity contribution in [3.8, 4) is 0 Å². The molecular weight excluding hydrogens is 405 g/mol. The summed E-state index contributed by atoms with van der Waals surface area (Å²) in [6.45, 7) is 0. The molecule has 2 rings (SSSR count). The number of benzene rings is 2. The van der Waals surface area contributed by atoms with Gasteiger partial charge in [-0.25, -0.2) is 0 Å². The van der Waals surface area contributed by atoms with E-state index in [9.17, 15) is 4.79 Å². The first-order chi connectivity index (χ1) is 10.0. The summed E-state index contributed by atoms with van der Waals surface area (Å²) in [4.78, 5) is 12.3. The molecule has 0 aliphatic carbocycles. The first-order valence-electron chi connectivity index (χ1n) is 5.86. The van der Waals surface area contributed by atoms with E-state index in [2.05, 4.69) is 33.1 Å². The lowest BCUT2D eigenvalue weighted by atomic mass is 10.1. The first-order valence-corrected chi connectivity index (χ1v) is 7.32. The van der Waals surface area contributed by atoms with Gasteiger partial charge in [-0.2, -0.15) is 0 Å². The van der Waals surface area contributed by atoms with Gasteiger partial charge in [-0.15, -0.1) is 0 Å².